The minimum Gasteiger partial charge on any atom is -0.385 e. The Morgan fingerprint density at radius 2 is 1.81 bits per heavy atom. The van der Waals surface area contributed by atoms with Crippen molar-refractivity contribution in [3.63, 3.8) is 0 Å². The summed E-state index contributed by atoms with van der Waals surface area (Å²) >= 11 is 0. The molecule has 0 saturated heterocycles. The fourth-order valence-electron chi connectivity index (χ4n) is 1.71. The summed E-state index contributed by atoms with van der Waals surface area (Å²) in [6.07, 6.45) is 0.346. The molecule has 9 heteroatoms. The molecular weight excluding hydrogens is 316 g/mol. The van der Waals surface area contributed by atoms with Crippen LogP contribution in [0.25, 0.3) is 0 Å². The normalized spacial score (nSPS) is 12.4. The Kier molecular flexibility index (Phi) is 5.74. The molecule has 0 fully saturated rings. The van der Waals surface area contributed by atoms with Crippen molar-refractivity contribution < 1.29 is 21.6 Å². The van der Waals surface area contributed by atoms with Gasteiger partial charge < -0.3 is 4.74 Å². The second-order valence-electron chi connectivity index (χ2n) is 4.73. The van der Waals surface area contributed by atoms with Gasteiger partial charge in [-0.1, -0.05) is 0 Å². The molecule has 0 spiro atoms. The van der Waals surface area contributed by atoms with Gasteiger partial charge in [0.1, 0.15) is 0 Å². The number of sulfonamides is 2. The van der Waals surface area contributed by atoms with Crippen molar-refractivity contribution in [3.8, 4) is 0 Å². The SMILES string of the molecule is COCCCS(=O)(=O)Nc1cc(S(N)(=O)=O)cc(C)c1C. The molecule has 1 aromatic carbocycles. The van der Waals surface area contributed by atoms with Crippen LogP contribution in [-0.2, 0) is 24.8 Å². The molecule has 1 aromatic rings. The zero-order valence-corrected chi connectivity index (χ0v) is 13.8. The Bertz CT molecular complexity index is 711. The first-order valence-corrected chi connectivity index (χ1v) is 9.40. The van der Waals surface area contributed by atoms with Crippen molar-refractivity contribution in [2.45, 2.75) is 25.2 Å². The summed E-state index contributed by atoms with van der Waals surface area (Å²) in [6.45, 7) is 3.72. The molecule has 0 bridgehead atoms. The number of methoxy groups -OCH3 is 1. The number of hydrogen-bond donors (Lipinski definition) is 2. The fourth-order valence-corrected chi connectivity index (χ4v) is 3.48. The van der Waals surface area contributed by atoms with Gasteiger partial charge in [-0.05, 0) is 43.5 Å². The summed E-state index contributed by atoms with van der Waals surface area (Å²) in [7, 11) is -5.98. The number of hydrogen-bond acceptors (Lipinski definition) is 5. The predicted molar refractivity (Wildman–Crippen MR) is 81.2 cm³/mol. The van der Waals surface area contributed by atoms with E-state index >= 15 is 0 Å². The standard InChI is InChI=1S/C12H20N2O5S2/c1-9-7-11(21(13,17)18)8-12(10(9)2)14-20(15,16)6-4-5-19-3/h7-8,14H,4-6H2,1-3H3,(H2,13,17,18). The van der Waals surface area contributed by atoms with E-state index in [9.17, 15) is 16.8 Å². The number of nitrogens with two attached hydrogens (primary N) is 1. The molecule has 0 unspecified atom stereocenters. The minimum atomic E-state index is -3.90. The van der Waals surface area contributed by atoms with E-state index in [0.29, 0.717) is 24.2 Å². The van der Waals surface area contributed by atoms with Gasteiger partial charge in [0.2, 0.25) is 20.0 Å². The summed E-state index contributed by atoms with van der Waals surface area (Å²) in [4.78, 5) is -0.125. The van der Waals surface area contributed by atoms with Gasteiger partial charge in [0.25, 0.3) is 0 Å². The van der Waals surface area contributed by atoms with E-state index < -0.39 is 20.0 Å². The summed E-state index contributed by atoms with van der Waals surface area (Å²) in [5.41, 5.74) is 1.50. The van der Waals surface area contributed by atoms with Crippen molar-refractivity contribution in [1.82, 2.24) is 0 Å². The van der Waals surface area contributed by atoms with Gasteiger partial charge >= 0.3 is 0 Å². The highest BCUT2D eigenvalue weighted by Crippen LogP contribution is 2.24. The molecule has 0 heterocycles. The predicted octanol–water partition coefficient (Wildman–Crippen LogP) is 0.729. The third-order valence-electron chi connectivity index (χ3n) is 3.00. The van der Waals surface area contributed by atoms with E-state index in [1.807, 2.05) is 0 Å². The lowest BCUT2D eigenvalue weighted by Gasteiger charge is -2.14. The van der Waals surface area contributed by atoms with Crippen LogP contribution in [0.1, 0.15) is 17.5 Å². The third-order valence-corrected chi connectivity index (χ3v) is 5.25. The molecule has 0 saturated carbocycles. The Hall–Kier alpha value is -1.16. The first kappa shape index (κ1) is 17.9. The Labute approximate surface area is 125 Å². The highest BCUT2D eigenvalue weighted by Gasteiger charge is 2.16. The molecule has 7 nitrogen and oxygen atoms in total. The Morgan fingerprint density at radius 3 is 2.33 bits per heavy atom. The Balaban J connectivity index is 3.11. The molecular formula is C12H20N2O5S2. The van der Waals surface area contributed by atoms with Crippen molar-refractivity contribution in [2.24, 2.45) is 5.14 Å². The average Bonchev–Trinajstić information content (AvgIpc) is 2.33. The average molecular weight is 336 g/mol. The molecule has 120 valence electrons. The molecule has 0 aliphatic heterocycles. The van der Waals surface area contributed by atoms with Crippen molar-refractivity contribution in [1.29, 1.82) is 0 Å². The number of anilines is 1. The number of aryl methyl sites for hydroxylation is 1. The van der Waals surface area contributed by atoms with Gasteiger partial charge in [0, 0.05) is 13.7 Å². The smallest absolute Gasteiger partial charge is 0.238 e. The maximum atomic E-state index is 12.0. The molecule has 21 heavy (non-hydrogen) atoms. The largest absolute Gasteiger partial charge is 0.385 e. The molecule has 0 aromatic heterocycles. The van der Waals surface area contributed by atoms with Gasteiger partial charge in [-0.25, -0.2) is 22.0 Å². The van der Waals surface area contributed by atoms with Gasteiger partial charge in [-0.3, -0.25) is 4.72 Å². The first-order chi connectivity index (χ1) is 9.57. The summed E-state index contributed by atoms with van der Waals surface area (Å²) in [5, 5.41) is 5.09. The maximum Gasteiger partial charge on any atom is 0.238 e. The zero-order valence-electron chi connectivity index (χ0n) is 12.2. The lowest BCUT2D eigenvalue weighted by atomic mass is 10.1. The van der Waals surface area contributed by atoms with Crippen LogP contribution in [-0.4, -0.2) is 36.3 Å². The highest BCUT2D eigenvalue weighted by atomic mass is 32.2. The summed E-state index contributed by atoms with van der Waals surface area (Å²) < 4.78 is 53.9. The van der Waals surface area contributed by atoms with Gasteiger partial charge in [0.15, 0.2) is 0 Å². The Morgan fingerprint density at radius 1 is 1.19 bits per heavy atom. The van der Waals surface area contributed by atoms with Gasteiger partial charge in [0.05, 0.1) is 16.3 Å². The van der Waals surface area contributed by atoms with Crippen LogP contribution in [0.4, 0.5) is 5.69 Å². The van der Waals surface area contributed by atoms with Crippen molar-refractivity contribution in [3.05, 3.63) is 23.3 Å². The second kappa shape index (κ2) is 6.73. The van der Waals surface area contributed by atoms with E-state index in [2.05, 4.69) is 4.72 Å². The topological polar surface area (TPSA) is 116 Å². The highest BCUT2D eigenvalue weighted by molar-refractivity contribution is 7.92. The lowest BCUT2D eigenvalue weighted by molar-refractivity contribution is 0.199. The molecule has 0 radical (unpaired) electrons. The molecule has 0 aliphatic carbocycles. The lowest BCUT2D eigenvalue weighted by Crippen LogP contribution is -2.19. The molecule has 0 atom stereocenters. The van der Waals surface area contributed by atoms with E-state index in [-0.39, 0.29) is 16.3 Å². The number of ether oxygens (including phenoxy) is 1. The molecule has 3 N–H and O–H groups in total. The first-order valence-electron chi connectivity index (χ1n) is 6.20. The van der Waals surface area contributed by atoms with Crippen LogP contribution >= 0.6 is 0 Å². The molecule has 1 rings (SSSR count). The van der Waals surface area contributed by atoms with E-state index in [1.54, 1.807) is 13.8 Å². The molecule has 0 amide bonds. The monoisotopic (exact) mass is 336 g/mol. The van der Waals surface area contributed by atoms with Crippen molar-refractivity contribution >= 4 is 25.7 Å². The van der Waals surface area contributed by atoms with E-state index in [1.165, 1.54) is 19.2 Å². The zero-order chi connectivity index (χ0) is 16.3. The quantitative estimate of drug-likeness (QED) is 0.712. The minimum absolute atomic E-state index is 0.112. The van der Waals surface area contributed by atoms with Crippen LogP contribution in [0.15, 0.2) is 17.0 Å². The van der Waals surface area contributed by atoms with Crippen molar-refractivity contribution in [2.75, 3.05) is 24.2 Å². The van der Waals surface area contributed by atoms with Crippen LogP contribution < -0.4 is 9.86 Å². The van der Waals surface area contributed by atoms with E-state index in [0.717, 1.165) is 0 Å². The van der Waals surface area contributed by atoms with Crippen LogP contribution in [0.2, 0.25) is 0 Å². The van der Waals surface area contributed by atoms with Gasteiger partial charge in [-0.2, -0.15) is 0 Å². The second-order valence-corrected chi connectivity index (χ2v) is 8.13. The summed E-state index contributed by atoms with van der Waals surface area (Å²) in [5.74, 6) is -0.112. The van der Waals surface area contributed by atoms with Crippen LogP contribution in [0.3, 0.4) is 0 Å². The maximum absolute atomic E-state index is 12.0. The van der Waals surface area contributed by atoms with Crippen LogP contribution in [0.5, 0.6) is 0 Å². The number of primary sulfonamides is 1. The fraction of sp³-hybridized carbons (Fsp3) is 0.500. The van der Waals surface area contributed by atoms with Crippen LogP contribution in [0, 0.1) is 13.8 Å². The van der Waals surface area contributed by atoms with E-state index in [4.69, 9.17) is 9.88 Å². The molecule has 0 aliphatic rings. The number of benzene rings is 1. The summed E-state index contributed by atoms with van der Waals surface area (Å²) in [6, 6.07) is 2.64. The third kappa shape index (κ3) is 5.27. The number of nitrogens with one attached hydrogen (secondary N) is 1. The van der Waals surface area contributed by atoms with Gasteiger partial charge in [-0.15, -0.1) is 0 Å². The number of rotatable bonds is 7.